The molecule has 0 aromatic heterocycles. The first-order chi connectivity index (χ1) is 10.9. The van der Waals surface area contributed by atoms with Gasteiger partial charge in [-0.15, -0.1) is 0 Å². The van der Waals surface area contributed by atoms with Crippen LogP contribution in [0.15, 0.2) is 0 Å². The van der Waals surface area contributed by atoms with Gasteiger partial charge in [-0.1, -0.05) is 27.2 Å². The van der Waals surface area contributed by atoms with E-state index < -0.39 is 6.04 Å². The summed E-state index contributed by atoms with van der Waals surface area (Å²) < 4.78 is 0. The molecule has 0 spiro atoms. The third-order valence-corrected chi connectivity index (χ3v) is 5.45. The highest BCUT2D eigenvalue weighted by Crippen LogP contribution is 2.36. The molecule has 2 saturated carbocycles. The highest BCUT2D eigenvalue weighted by Gasteiger charge is 2.38. The summed E-state index contributed by atoms with van der Waals surface area (Å²) in [5.74, 6) is 0.746. The molecule has 0 radical (unpaired) electrons. The number of hydrogen-bond donors (Lipinski definition) is 2. The number of carbonyl (C=O) groups excluding carboxylic acids is 2. The fraction of sp³-hybridized carbons (Fsp3) is 0.889. The number of carbonyl (C=O) groups is 2. The monoisotopic (exact) mass is 323 g/mol. The molecule has 2 aliphatic rings. The van der Waals surface area contributed by atoms with Crippen LogP contribution in [-0.4, -0.2) is 41.4 Å². The van der Waals surface area contributed by atoms with E-state index in [4.69, 9.17) is 5.73 Å². The van der Waals surface area contributed by atoms with Crippen LogP contribution in [0.5, 0.6) is 0 Å². The lowest BCUT2D eigenvalue weighted by molar-refractivity contribution is -0.136. The smallest absolute Gasteiger partial charge is 0.242 e. The molecule has 0 unspecified atom stereocenters. The molecule has 5 nitrogen and oxygen atoms in total. The van der Waals surface area contributed by atoms with Crippen LogP contribution in [0.4, 0.5) is 0 Å². The van der Waals surface area contributed by atoms with Crippen molar-refractivity contribution in [3.8, 4) is 0 Å². The fourth-order valence-corrected chi connectivity index (χ4v) is 3.56. The predicted octanol–water partition coefficient (Wildman–Crippen LogP) is 2.05. The van der Waals surface area contributed by atoms with Crippen LogP contribution in [0.25, 0.3) is 0 Å². The Bertz CT molecular complexity index is 412. The fourth-order valence-electron chi connectivity index (χ4n) is 3.56. The largest absolute Gasteiger partial charge is 0.346 e. The maximum atomic E-state index is 12.6. The highest BCUT2D eigenvalue weighted by molar-refractivity contribution is 5.87. The molecular formula is C18H33N3O2. The van der Waals surface area contributed by atoms with Gasteiger partial charge in [0.1, 0.15) is 0 Å². The molecular weight excluding hydrogens is 290 g/mol. The van der Waals surface area contributed by atoms with Gasteiger partial charge in [-0.2, -0.15) is 0 Å². The van der Waals surface area contributed by atoms with Crippen LogP contribution in [0.1, 0.15) is 65.7 Å². The first kappa shape index (κ1) is 18.2. The molecule has 0 aromatic carbocycles. The van der Waals surface area contributed by atoms with E-state index in [1.54, 1.807) is 0 Å². The third kappa shape index (κ3) is 4.93. The van der Waals surface area contributed by atoms with Gasteiger partial charge in [-0.05, 0) is 50.4 Å². The Balaban J connectivity index is 1.86. The third-order valence-electron chi connectivity index (χ3n) is 5.45. The van der Waals surface area contributed by atoms with Gasteiger partial charge in [0, 0.05) is 12.1 Å². The summed E-state index contributed by atoms with van der Waals surface area (Å²) in [4.78, 5) is 26.7. The highest BCUT2D eigenvalue weighted by atomic mass is 16.2. The Morgan fingerprint density at radius 3 is 2.04 bits per heavy atom. The van der Waals surface area contributed by atoms with Crippen molar-refractivity contribution < 1.29 is 9.59 Å². The average Bonchev–Trinajstić information content (AvgIpc) is 3.37. The molecule has 2 fully saturated rings. The average molecular weight is 323 g/mol. The van der Waals surface area contributed by atoms with Gasteiger partial charge in [0.2, 0.25) is 11.8 Å². The van der Waals surface area contributed by atoms with Crippen molar-refractivity contribution in [1.82, 2.24) is 10.2 Å². The zero-order valence-electron chi connectivity index (χ0n) is 14.9. The molecule has 132 valence electrons. The van der Waals surface area contributed by atoms with E-state index >= 15 is 0 Å². The molecule has 0 saturated heterocycles. The van der Waals surface area contributed by atoms with Crippen molar-refractivity contribution in [1.29, 1.82) is 0 Å². The van der Waals surface area contributed by atoms with Crippen LogP contribution in [0.2, 0.25) is 0 Å². The minimum Gasteiger partial charge on any atom is -0.346 e. The van der Waals surface area contributed by atoms with Crippen LogP contribution < -0.4 is 11.1 Å². The van der Waals surface area contributed by atoms with Gasteiger partial charge < -0.3 is 16.0 Å². The standard InChI is InChI=1S/C18H33N3O2/c1-4-13-5-7-14(8-6-13)21(15-9-10-15)16(22)11-20-18(23)17(19)12(2)3/h12-15,17H,4-11,19H2,1-3H3,(H,20,23)/t13?,14?,17-/m0/s1. The van der Waals surface area contributed by atoms with E-state index in [1.807, 2.05) is 13.8 Å². The molecule has 3 N–H and O–H groups in total. The second-order valence-electron chi connectivity index (χ2n) is 7.60. The van der Waals surface area contributed by atoms with Gasteiger partial charge in [-0.25, -0.2) is 0 Å². The van der Waals surface area contributed by atoms with Crippen LogP contribution in [0.3, 0.4) is 0 Å². The van der Waals surface area contributed by atoms with Crippen molar-refractivity contribution in [3.63, 3.8) is 0 Å². The Kier molecular flexibility index (Phi) is 6.45. The normalized spacial score (nSPS) is 26.0. The molecule has 0 heterocycles. The second kappa shape index (κ2) is 8.13. The van der Waals surface area contributed by atoms with Crippen molar-refractivity contribution in [2.45, 2.75) is 83.8 Å². The maximum Gasteiger partial charge on any atom is 0.242 e. The van der Waals surface area contributed by atoms with E-state index in [0.29, 0.717) is 12.1 Å². The first-order valence-electron chi connectivity index (χ1n) is 9.28. The second-order valence-corrected chi connectivity index (χ2v) is 7.60. The summed E-state index contributed by atoms with van der Waals surface area (Å²) in [6.45, 7) is 6.16. The maximum absolute atomic E-state index is 12.6. The molecule has 2 aliphatic carbocycles. The molecule has 5 heteroatoms. The number of hydrogen-bond acceptors (Lipinski definition) is 3. The van der Waals surface area contributed by atoms with Gasteiger partial charge in [0.15, 0.2) is 0 Å². The molecule has 23 heavy (non-hydrogen) atoms. The minimum atomic E-state index is -0.544. The number of nitrogens with two attached hydrogens (primary N) is 1. The summed E-state index contributed by atoms with van der Waals surface area (Å²) in [5, 5.41) is 2.73. The van der Waals surface area contributed by atoms with Crippen molar-refractivity contribution in [3.05, 3.63) is 0 Å². The molecule has 0 aliphatic heterocycles. The van der Waals surface area contributed by atoms with E-state index in [-0.39, 0.29) is 24.3 Å². The summed E-state index contributed by atoms with van der Waals surface area (Å²) in [6.07, 6.45) is 8.13. The lowest BCUT2D eigenvalue weighted by Crippen LogP contribution is -2.51. The van der Waals surface area contributed by atoms with Crippen LogP contribution in [0, 0.1) is 11.8 Å². The van der Waals surface area contributed by atoms with Gasteiger partial charge in [0.25, 0.3) is 0 Å². The van der Waals surface area contributed by atoms with Crippen LogP contribution in [-0.2, 0) is 9.59 Å². The van der Waals surface area contributed by atoms with E-state index in [0.717, 1.165) is 31.6 Å². The summed E-state index contributed by atoms with van der Waals surface area (Å²) >= 11 is 0. The Hall–Kier alpha value is -1.10. The number of rotatable bonds is 7. The quantitative estimate of drug-likeness (QED) is 0.753. The topological polar surface area (TPSA) is 75.4 Å². The molecule has 2 rings (SSSR count). The van der Waals surface area contributed by atoms with E-state index in [2.05, 4.69) is 17.1 Å². The zero-order valence-corrected chi connectivity index (χ0v) is 14.9. The van der Waals surface area contributed by atoms with Crippen molar-refractivity contribution in [2.24, 2.45) is 17.6 Å². The van der Waals surface area contributed by atoms with Gasteiger partial charge in [-0.3, -0.25) is 9.59 Å². The molecule has 0 aromatic rings. The summed E-state index contributed by atoms with van der Waals surface area (Å²) in [7, 11) is 0. The number of amides is 2. The van der Waals surface area contributed by atoms with E-state index in [9.17, 15) is 9.59 Å². The Morgan fingerprint density at radius 1 is 1.09 bits per heavy atom. The predicted molar refractivity (Wildman–Crippen MR) is 91.7 cm³/mol. The SMILES string of the molecule is CCC1CCC(N(C(=O)CNC(=O)[C@@H](N)C(C)C)C2CC2)CC1. The number of nitrogens with one attached hydrogen (secondary N) is 1. The van der Waals surface area contributed by atoms with Crippen molar-refractivity contribution >= 4 is 11.8 Å². The Morgan fingerprint density at radius 2 is 1.61 bits per heavy atom. The minimum absolute atomic E-state index is 0.0664. The summed E-state index contributed by atoms with van der Waals surface area (Å²) in [5.41, 5.74) is 5.83. The zero-order chi connectivity index (χ0) is 17.0. The van der Waals surface area contributed by atoms with Gasteiger partial charge in [0.05, 0.1) is 12.6 Å². The first-order valence-corrected chi connectivity index (χ1v) is 9.28. The lowest BCUT2D eigenvalue weighted by Gasteiger charge is -2.37. The molecule has 0 bridgehead atoms. The molecule has 2 amide bonds. The molecule has 1 atom stereocenters. The van der Waals surface area contributed by atoms with Crippen molar-refractivity contribution in [2.75, 3.05) is 6.54 Å². The summed E-state index contributed by atoms with van der Waals surface area (Å²) in [6, 6.07) is 0.229. The number of nitrogens with zero attached hydrogens (tertiary/aromatic N) is 1. The Labute approximate surface area is 140 Å². The van der Waals surface area contributed by atoms with Crippen LogP contribution >= 0.6 is 0 Å². The lowest BCUT2D eigenvalue weighted by atomic mass is 9.84. The van der Waals surface area contributed by atoms with Gasteiger partial charge >= 0.3 is 0 Å². The van der Waals surface area contributed by atoms with E-state index in [1.165, 1.54) is 19.3 Å².